The summed E-state index contributed by atoms with van der Waals surface area (Å²) in [6.45, 7) is 7.42. The zero-order valence-corrected chi connectivity index (χ0v) is 15.6. The van der Waals surface area contributed by atoms with Crippen molar-refractivity contribution in [3.63, 3.8) is 0 Å². The van der Waals surface area contributed by atoms with Crippen molar-refractivity contribution >= 4 is 5.96 Å². The molecule has 0 aromatic heterocycles. The van der Waals surface area contributed by atoms with Crippen LogP contribution in [0.5, 0.6) is 11.5 Å². The molecule has 1 aromatic rings. The molecule has 1 rings (SSSR count). The van der Waals surface area contributed by atoms with Crippen LogP contribution in [0.3, 0.4) is 0 Å². The van der Waals surface area contributed by atoms with Crippen molar-refractivity contribution in [2.24, 2.45) is 4.99 Å². The third kappa shape index (κ3) is 8.06. The predicted molar refractivity (Wildman–Crippen MR) is 100 cm³/mol. The highest BCUT2D eigenvalue weighted by Crippen LogP contribution is 2.26. The normalized spacial score (nSPS) is 12.8. The summed E-state index contributed by atoms with van der Waals surface area (Å²) in [4.78, 5) is 6.77. The first-order chi connectivity index (χ1) is 11.6. The monoisotopic (exact) mass is 336 g/mol. The molecule has 0 spiro atoms. The summed E-state index contributed by atoms with van der Waals surface area (Å²) in [6, 6.07) is 7.66. The fraction of sp³-hybridized carbons (Fsp3) is 0.611. The number of ether oxygens (including phenoxy) is 2. The van der Waals surface area contributed by atoms with E-state index in [4.69, 9.17) is 9.47 Å². The van der Waals surface area contributed by atoms with Gasteiger partial charge in [0, 0.05) is 13.1 Å². The Hall–Kier alpha value is -1.95. The van der Waals surface area contributed by atoms with Crippen molar-refractivity contribution in [1.29, 1.82) is 0 Å². The van der Waals surface area contributed by atoms with E-state index >= 15 is 0 Å². The lowest BCUT2D eigenvalue weighted by atomic mass is 10.3. The van der Waals surface area contributed by atoms with Crippen LogP contribution in [0.4, 0.5) is 0 Å². The van der Waals surface area contributed by atoms with Crippen molar-refractivity contribution in [2.45, 2.75) is 26.4 Å². The first-order valence-electron chi connectivity index (χ1n) is 8.53. The van der Waals surface area contributed by atoms with Gasteiger partial charge < -0.3 is 25.0 Å². The molecule has 0 heterocycles. The highest BCUT2D eigenvalue weighted by molar-refractivity contribution is 5.79. The fourth-order valence-corrected chi connectivity index (χ4v) is 2.13. The number of aliphatic imine (C=N–C) groups is 1. The number of hydrogen-bond acceptors (Lipinski definition) is 4. The van der Waals surface area contributed by atoms with Crippen LogP contribution in [0.25, 0.3) is 0 Å². The summed E-state index contributed by atoms with van der Waals surface area (Å²) in [7, 11) is 5.80. The van der Waals surface area contributed by atoms with Gasteiger partial charge in [0.15, 0.2) is 17.5 Å². The van der Waals surface area contributed by atoms with E-state index in [0.717, 1.165) is 43.5 Å². The summed E-state index contributed by atoms with van der Waals surface area (Å²) >= 11 is 0. The molecule has 0 fully saturated rings. The first-order valence-corrected chi connectivity index (χ1v) is 8.53. The van der Waals surface area contributed by atoms with Crippen molar-refractivity contribution in [1.82, 2.24) is 15.5 Å². The minimum atomic E-state index is -0.0430. The molecule has 0 bridgehead atoms. The maximum absolute atomic E-state index is 5.93. The summed E-state index contributed by atoms with van der Waals surface area (Å²) < 4.78 is 11.2. The Balaban J connectivity index is 2.49. The number of para-hydroxylation sites is 2. The molecule has 0 aliphatic carbocycles. The molecule has 1 atom stereocenters. The molecule has 0 radical (unpaired) electrons. The van der Waals surface area contributed by atoms with Gasteiger partial charge in [-0.1, -0.05) is 12.1 Å². The minimum absolute atomic E-state index is 0.0430. The van der Waals surface area contributed by atoms with Gasteiger partial charge in [-0.15, -0.1) is 0 Å². The second kappa shape index (κ2) is 11.6. The van der Waals surface area contributed by atoms with Gasteiger partial charge in [0.1, 0.15) is 6.10 Å². The molecule has 0 saturated carbocycles. The zero-order chi connectivity index (χ0) is 17.8. The van der Waals surface area contributed by atoms with E-state index in [1.54, 1.807) is 7.11 Å². The van der Waals surface area contributed by atoms with Crippen molar-refractivity contribution in [2.75, 3.05) is 47.4 Å². The second-order valence-corrected chi connectivity index (χ2v) is 5.88. The van der Waals surface area contributed by atoms with Gasteiger partial charge in [-0.3, -0.25) is 0 Å². The Morgan fingerprint density at radius 3 is 2.54 bits per heavy atom. The molecule has 0 saturated heterocycles. The van der Waals surface area contributed by atoms with Gasteiger partial charge in [0.2, 0.25) is 0 Å². The van der Waals surface area contributed by atoms with E-state index in [-0.39, 0.29) is 6.10 Å². The van der Waals surface area contributed by atoms with Gasteiger partial charge in [0.25, 0.3) is 0 Å². The number of nitrogens with zero attached hydrogens (tertiary/aromatic N) is 2. The van der Waals surface area contributed by atoms with Crippen molar-refractivity contribution < 1.29 is 9.47 Å². The van der Waals surface area contributed by atoms with Gasteiger partial charge in [-0.25, -0.2) is 4.99 Å². The summed E-state index contributed by atoms with van der Waals surface area (Å²) in [5.74, 6) is 2.31. The third-order valence-corrected chi connectivity index (χ3v) is 3.32. The lowest BCUT2D eigenvalue weighted by Gasteiger charge is -2.17. The minimum Gasteiger partial charge on any atom is -0.493 e. The van der Waals surface area contributed by atoms with E-state index in [1.165, 1.54) is 0 Å². The Morgan fingerprint density at radius 2 is 1.92 bits per heavy atom. The molecule has 2 N–H and O–H groups in total. The van der Waals surface area contributed by atoms with Crippen LogP contribution in [0.1, 0.15) is 20.3 Å². The van der Waals surface area contributed by atoms with E-state index < -0.39 is 0 Å². The van der Waals surface area contributed by atoms with Crippen LogP contribution in [0.15, 0.2) is 29.3 Å². The van der Waals surface area contributed by atoms with Crippen LogP contribution >= 0.6 is 0 Å². The third-order valence-electron chi connectivity index (χ3n) is 3.32. The average Bonchev–Trinajstić information content (AvgIpc) is 2.56. The predicted octanol–water partition coefficient (Wildman–Crippen LogP) is 1.97. The number of rotatable bonds is 10. The lowest BCUT2D eigenvalue weighted by molar-refractivity contribution is 0.219. The molecular weight excluding hydrogens is 304 g/mol. The Labute approximate surface area is 146 Å². The van der Waals surface area contributed by atoms with Gasteiger partial charge in [0.05, 0.1) is 13.7 Å². The molecular formula is C18H32N4O2. The molecule has 0 amide bonds. The Morgan fingerprint density at radius 1 is 1.21 bits per heavy atom. The van der Waals surface area contributed by atoms with Crippen LogP contribution in [0.2, 0.25) is 0 Å². The molecule has 136 valence electrons. The largest absolute Gasteiger partial charge is 0.493 e. The van der Waals surface area contributed by atoms with Gasteiger partial charge in [-0.05, 0) is 53.0 Å². The van der Waals surface area contributed by atoms with Crippen LogP contribution < -0.4 is 20.1 Å². The number of guanidine groups is 1. The molecule has 6 nitrogen and oxygen atoms in total. The SMILES string of the molecule is CCNC(=NCC(C)Oc1ccccc1OC)NCCCN(C)C. The fourth-order valence-electron chi connectivity index (χ4n) is 2.13. The second-order valence-electron chi connectivity index (χ2n) is 5.88. The topological polar surface area (TPSA) is 58.1 Å². The maximum Gasteiger partial charge on any atom is 0.191 e. The zero-order valence-electron chi connectivity index (χ0n) is 15.6. The highest BCUT2D eigenvalue weighted by Gasteiger charge is 2.08. The first kappa shape index (κ1) is 20.1. The molecule has 0 aliphatic rings. The molecule has 0 aliphatic heterocycles. The van der Waals surface area contributed by atoms with Gasteiger partial charge >= 0.3 is 0 Å². The standard InChI is InChI=1S/C18H32N4O2/c1-6-19-18(20-12-9-13-22(3)4)21-14-15(2)24-17-11-8-7-10-16(17)23-5/h7-8,10-11,15H,6,9,12-14H2,1-5H3,(H2,19,20,21). The number of hydrogen-bond donors (Lipinski definition) is 2. The maximum atomic E-state index is 5.93. The number of benzene rings is 1. The summed E-state index contributed by atoms with van der Waals surface area (Å²) in [5, 5.41) is 6.61. The Bertz CT molecular complexity index is 492. The van der Waals surface area contributed by atoms with E-state index in [0.29, 0.717) is 6.54 Å². The van der Waals surface area contributed by atoms with E-state index in [1.807, 2.05) is 31.2 Å². The molecule has 1 aromatic carbocycles. The van der Waals surface area contributed by atoms with Crippen LogP contribution in [-0.4, -0.2) is 64.3 Å². The molecule has 24 heavy (non-hydrogen) atoms. The summed E-state index contributed by atoms with van der Waals surface area (Å²) in [5.41, 5.74) is 0. The van der Waals surface area contributed by atoms with Crippen molar-refractivity contribution in [3.05, 3.63) is 24.3 Å². The van der Waals surface area contributed by atoms with Gasteiger partial charge in [-0.2, -0.15) is 0 Å². The molecule has 1 unspecified atom stereocenters. The van der Waals surface area contributed by atoms with E-state index in [9.17, 15) is 0 Å². The quantitative estimate of drug-likeness (QED) is 0.389. The van der Waals surface area contributed by atoms with E-state index in [2.05, 4.69) is 41.5 Å². The highest BCUT2D eigenvalue weighted by atomic mass is 16.5. The van der Waals surface area contributed by atoms with Crippen molar-refractivity contribution in [3.8, 4) is 11.5 Å². The lowest BCUT2D eigenvalue weighted by Crippen LogP contribution is -2.39. The smallest absolute Gasteiger partial charge is 0.191 e. The van der Waals surface area contributed by atoms with Crippen LogP contribution in [-0.2, 0) is 0 Å². The average molecular weight is 336 g/mol. The number of methoxy groups -OCH3 is 1. The van der Waals surface area contributed by atoms with Crippen LogP contribution in [0, 0.1) is 0 Å². The summed E-state index contributed by atoms with van der Waals surface area (Å²) in [6.07, 6.45) is 1.03. The molecule has 6 heteroatoms. The Kier molecular flexibility index (Phi) is 9.68. The number of nitrogens with one attached hydrogen (secondary N) is 2.